The third-order valence-corrected chi connectivity index (χ3v) is 4.25. The molecule has 0 aromatic heterocycles. The van der Waals surface area contributed by atoms with Gasteiger partial charge in [-0.3, -0.25) is 5.32 Å². The van der Waals surface area contributed by atoms with Crippen LogP contribution in [0.5, 0.6) is 0 Å². The summed E-state index contributed by atoms with van der Waals surface area (Å²) < 4.78 is 5.32. The van der Waals surface area contributed by atoms with Gasteiger partial charge in [0.1, 0.15) is 5.60 Å². The first-order chi connectivity index (χ1) is 9.92. The van der Waals surface area contributed by atoms with E-state index in [9.17, 15) is 4.79 Å². The molecule has 2 aliphatic carbocycles. The highest BCUT2D eigenvalue weighted by atomic mass is 16.6. The molecule has 4 heteroatoms. The zero-order valence-electron chi connectivity index (χ0n) is 13.0. The number of rotatable bonds is 3. The first kappa shape index (κ1) is 14.2. The quantitative estimate of drug-likeness (QED) is 0.874. The molecule has 1 unspecified atom stereocenters. The van der Waals surface area contributed by atoms with Crippen molar-refractivity contribution in [3.63, 3.8) is 0 Å². The lowest BCUT2D eigenvalue weighted by Gasteiger charge is -2.22. The molecule has 3 atom stereocenters. The average Bonchev–Trinajstić information content (AvgIpc) is 3.05. The smallest absolute Gasteiger partial charge is 0.412 e. The number of fused-ring (bicyclic) bond motifs is 1. The molecule has 2 aliphatic rings. The Hall–Kier alpha value is -1.71. The summed E-state index contributed by atoms with van der Waals surface area (Å²) in [5.74, 6) is 1.77. The van der Waals surface area contributed by atoms with Crippen molar-refractivity contribution < 1.29 is 9.53 Å². The SMILES string of the molecule is CC(C)(C)OC(=O)Nc1ccccc1NC1CC[C@@H]2C[C@H]12. The van der Waals surface area contributed by atoms with Crippen molar-refractivity contribution in [3.05, 3.63) is 24.3 Å². The standard InChI is InChI=1S/C17H24N2O2/c1-17(2,3)21-16(20)19-15-7-5-4-6-14(15)18-13-9-8-11-10-12(11)13/h4-7,11-13,18H,8-10H2,1-3H3,(H,19,20)/t11-,12+,13?/m1/s1. The molecular weight excluding hydrogens is 264 g/mol. The van der Waals surface area contributed by atoms with Crippen LogP contribution in [0.1, 0.15) is 40.0 Å². The van der Waals surface area contributed by atoms with Crippen LogP contribution in [0.15, 0.2) is 24.3 Å². The molecule has 1 aromatic rings. The van der Waals surface area contributed by atoms with Crippen molar-refractivity contribution in [2.24, 2.45) is 11.8 Å². The summed E-state index contributed by atoms with van der Waals surface area (Å²) >= 11 is 0. The van der Waals surface area contributed by atoms with Crippen LogP contribution in [0, 0.1) is 11.8 Å². The number of amides is 1. The number of para-hydroxylation sites is 2. The molecule has 3 rings (SSSR count). The predicted octanol–water partition coefficient (Wildman–Crippen LogP) is 4.24. The number of benzene rings is 1. The Morgan fingerprint density at radius 2 is 1.90 bits per heavy atom. The second-order valence-corrected chi connectivity index (χ2v) is 7.16. The number of hydrogen-bond donors (Lipinski definition) is 2. The minimum atomic E-state index is -0.487. The molecule has 0 radical (unpaired) electrons. The van der Waals surface area contributed by atoms with Crippen LogP contribution < -0.4 is 10.6 Å². The fourth-order valence-electron chi connectivity index (χ4n) is 3.21. The number of carbonyl (C=O) groups excluding carboxylic acids is 1. The van der Waals surface area contributed by atoms with Crippen LogP contribution >= 0.6 is 0 Å². The van der Waals surface area contributed by atoms with Crippen molar-refractivity contribution in [2.75, 3.05) is 10.6 Å². The van der Waals surface area contributed by atoms with Crippen LogP contribution in [0.2, 0.25) is 0 Å². The Balaban J connectivity index is 1.66. The van der Waals surface area contributed by atoms with Crippen LogP contribution in [0.3, 0.4) is 0 Å². The molecule has 114 valence electrons. The Morgan fingerprint density at radius 1 is 1.19 bits per heavy atom. The minimum absolute atomic E-state index is 0.410. The van der Waals surface area contributed by atoms with Crippen LogP contribution in [0.25, 0.3) is 0 Å². The fourth-order valence-corrected chi connectivity index (χ4v) is 3.21. The fraction of sp³-hybridized carbons (Fsp3) is 0.588. The topological polar surface area (TPSA) is 50.4 Å². The lowest BCUT2D eigenvalue weighted by molar-refractivity contribution is 0.0636. The highest BCUT2D eigenvalue weighted by Crippen LogP contribution is 2.52. The molecule has 0 spiro atoms. The minimum Gasteiger partial charge on any atom is -0.444 e. The highest BCUT2D eigenvalue weighted by Gasteiger charge is 2.48. The molecule has 0 saturated heterocycles. The zero-order valence-corrected chi connectivity index (χ0v) is 13.0. The van der Waals surface area contributed by atoms with Gasteiger partial charge in [0.2, 0.25) is 0 Å². The molecule has 1 amide bonds. The van der Waals surface area contributed by atoms with E-state index in [-0.39, 0.29) is 0 Å². The normalized spacial score (nSPS) is 26.9. The van der Waals surface area contributed by atoms with E-state index < -0.39 is 11.7 Å². The van der Waals surface area contributed by atoms with Crippen molar-refractivity contribution in [1.82, 2.24) is 0 Å². The molecule has 2 fully saturated rings. The van der Waals surface area contributed by atoms with Crippen molar-refractivity contribution in [3.8, 4) is 0 Å². The molecule has 2 N–H and O–H groups in total. The Morgan fingerprint density at radius 3 is 2.48 bits per heavy atom. The molecule has 1 aromatic carbocycles. The van der Waals surface area contributed by atoms with Gasteiger partial charge in [-0.25, -0.2) is 4.79 Å². The van der Waals surface area contributed by atoms with Gasteiger partial charge in [0, 0.05) is 6.04 Å². The second kappa shape index (κ2) is 5.24. The summed E-state index contributed by atoms with van der Waals surface area (Å²) in [7, 11) is 0. The monoisotopic (exact) mass is 288 g/mol. The van der Waals surface area contributed by atoms with Gasteiger partial charge < -0.3 is 10.1 Å². The lowest BCUT2D eigenvalue weighted by Crippen LogP contribution is -2.28. The Kier molecular flexibility index (Phi) is 3.56. The molecule has 0 bridgehead atoms. The summed E-state index contributed by atoms with van der Waals surface area (Å²) in [5.41, 5.74) is 1.29. The summed E-state index contributed by atoms with van der Waals surface area (Å²) in [6, 6.07) is 8.39. The molecule has 2 saturated carbocycles. The number of anilines is 2. The first-order valence-corrected chi connectivity index (χ1v) is 7.78. The maximum absolute atomic E-state index is 11.9. The first-order valence-electron chi connectivity index (χ1n) is 7.78. The van der Waals surface area contributed by atoms with E-state index >= 15 is 0 Å². The van der Waals surface area contributed by atoms with Gasteiger partial charge in [-0.15, -0.1) is 0 Å². The van der Waals surface area contributed by atoms with Crippen molar-refractivity contribution in [1.29, 1.82) is 0 Å². The number of ether oxygens (including phenoxy) is 1. The van der Waals surface area contributed by atoms with Gasteiger partial charge in [0.05, 0.1) is 11.4 Å². The third kappa shape index (κ3) is 3.49. The van der Waals surface area contributed by atoms with E-state index in [4.69, 9.17) is 4.74 Å². The van der Waals surface area contributed by atoms with E-state index in [1.807, 2.05) is 45.0 Å². The van der Waals surface area contributed by atoms with Crippen molar-refractivity contribution in [2.45, 2.75) is 51.7 Å². The van der Waals surface area contributed by atoms with E-state index in [0.29, 0.717) is 6.04 Å². The Labute approximate surface area is 126 Å². The largest absolute Gasteiger partial charge is 0.444 e. The van der Waals surface area contributed by atoms with Crippen LogP contribution in [0.4, 0.5) is 16.2 Å². The van der Waals surface area contributed by atoms with Gasteiger partial charge in [0.25, 0.3) is 0 Å². The van der Waals surface area contributed by atoms with Gasteiger partial charge in [-0.05, 0) is 64.0 Å². The Bertz CT molecular complexity index is 536. The van der Waals surface area contributed by atoms with E-state index in [1.165, 1.54) is 19.3 Å². The van der Waals surface area contributed by atoms with Gasteiger partial charge in [-0.2, -0.15) is 0 Å². The molecule has 0 aliphatic heterocycles. The van der Waals surface area contributed by atoms with Crippen LogP contribution in [-0.2, 0) is 4.74 Å². The van der Waals surface area contributed by atoms with Crippen LogP contribution in [-0.4, -0.2) is 17.7 Å². The molecule has 0 heterocycles. The second-order valence-electron chi connectivity index (χ2n) is 7.16. The summed E-state index contributed by atoms with van der Waals surface area (Å²) in [6.45, 7) is 5.59. The average molecular weight is 288 g/mol. The molecule has 21 heavy (non-hydrogen) atoms. The third-order valence-electron chi connectivity index (χ3n) is 4.25. The zero-order chi connectivity index (χ0) is 15.0. The number of hydrogen-bond acceptors (Lipinski definition) is 3. The maximum Gasteiger partial charge on any atom is 0.412 e. The number of nitrogens with one attached hydrogen (secondary N) is 2. The van der Waals surface area contributed by atoms with Gasteiger partial charge >= 0.3 is 6.09 Å². The van der Waals surface area contributed by atoms with E-state index in [2.05, 4.69) is 10.6 Å². The number of carbonyl (C=O) groups is 1. The lowest BCUT2D eigenvalue weighted by atomic mass is 10.1. The maximum atomic E-state index is 11.9. The predicted molar refractivity (Wildman–Crippen MR) is 84.5 cm³/mol. The van der Waals surface area contributed by atoms with E-state index in [0.717, 1.165) is 23.2 Å². The summed E-state index contributed by atoms with van der Waals surface area (Å²) in [5, 5.41) is 6.44. The molecule has 4 nitrogen and oxygen atoms in total. The highest BCUT2D eigenvalue weighted by molar-refractivity contribution is 5.89. The van der Waals surface area contributed by atoms with Gasteiger partial charge in [-0.1, -0.05) is 12.1 Å². The van der Waals surface area contributed by atoms with Gasteiger partial charge in [0.15, 0.2) is 0 Å². The summed E-state index contributed by atoms with van der Waals surface area (Å²) in [4.78, 5) is 11.9. The molecular formula is C17H24N2O2. The van der Waals surface area contributed by atoms with Crippen molar-refractivity contribution >= 4 is 17.5 Å². The summed E-state index contributed by atoms with van der Waals surface area (Å²) in [6.07, 6.45) is 3.52. The van der Waals surface area contributed by atoms with E-state index in [1.54, 1.807) is 0 Å².